The summed E-state index contributed by atoms with van der Waals surface area (Å²) in [6, 6.07) is 9.23. The van der Waals surface area contributed by atoms with Crippen molar-refractivity contribution in [3.63, 3.8) is 0 Å². The molecule has 1 aromatic rings. The molecule has 2 fully saturated rings. The molecule has 6 nitrogen and oxygen atoms in total. The third-order valence-corrected chi connectivity index (χ3v) is 6.21. The number of ether oxygens (including phenoxy) is 1. The van der Waals surface area contributed by atoms with Gasteiger partial charge in [0.2, 0.25) is 0 Å². The Morgan fingerprint density at radius 1 is 1.13 bits per heavy atom. The van der Waals surface area contributed by atoms with Crippen molar-refractivity contribution in [3.8, 4) is 0 Å². The van der Waals surface area contributed by atoms with Gasteiger partial charge in [-0.2, -0.15) is 0 Å². The van der Waals surface area contributed by atoms with E-state index in [1.165, 1.54) is 24.0 Å². The zero-order valence-electron chi connectivity index (χ0n) is 18.9. The van der Waals surface area contributed by atoms with Crippen molar-refractivity contribution >= 4 is 11.9 Å². The Balaban J connectivity index is 1.68. The van der Waals surface area contributed by atoms with Crippen molar-refractivity contribution in [2.75, 3.05) is 45.9 Å². The highest BCUT2D eigenvalue weighted by Gasteiger charge is 2.28. The molecule has 0 radical (unpaired) electrons. The Morgan fingerprint density at radius 2 is 1.80 bits per heavy atom. The summed E-state index contributed by atoms with van der Waals surface area (Å²) >= 11 is 0. The standard InChI is InChI=1S/C24H38N4O2/c1-4-25-24(28-16-12-21(13-17-28)23(29)30-5-2)26-18-22(27-14-6-7-15-27)20-10-8-19(3)9-11-20/h8-11,21-22H,4-7,12-18H2,1-3H3,(H,25,26). The predicted octanol–water partition coefficient (Wildman–Crippen LogP) is 3.37. The maximum absolute atomic E-state index is 12.1. The van der Waals surface area contributed by atoms with Crippen molar-refractivity contribution in [3.05, 3.63) is 35.4 Å². The average Bonchev–Trinajstić information content (AvgIpc) is 3.29. The first-order valence-corrected chi connectivity index (χ1v) is 11.6. The second-order valence-electron chi connectivity index (χ2n) is 8.38. The number of piperidine rings is 1. The summed E-state index contributed by atoms with van der Waals surface area (Å²) in [6.07, 6.45) is 4.20. The van der Waals surface area contributed by atoms with Crippen molar-refractivity contribution in [1.82, 2.24) is 15.1 Å². The minimum atomic E-state index is -0.0486. The van der Waals surface area contributed by atoms with Crippen molar-refractivity contribution in [2.24, 2.45) is 10.9 Å². The first kappa shape index (κ1) is 22.6. The average molecular weight is 415 g/mol. The largest absolute Gasteiger partial charge is 0.466 e. The van der Waals surface area contributed by atoms with E-state index < -0.39 is 0 Å². The molecule has 1 unspecified atom stereocenters. The first-order valence-electron chi connectivity index (χ1n) is 11.6. The van der Waals surface area contributed by atoms with Crippen LogP contribution in [0.25, 0.3) is 0 Å². The molecule has 2 aliphatic rings. The molecule has 3 rings (SSSR count). The zero-order chi connectivity index (χ0) is 21.3. The summed E-state index contributed by atoms with van der Waals surface area (Å²) in [6.45, 7) is 12.1. The van der Waals surface area contributed by atoms with Gasteiger partial charge in [-0.25, -0.2) is 0 Å². The molecule has 166 valence electrons. The molecule has 1 aromatic carbocycles. The van der Waals surface area contributed by atoms with Crippen LogP contribution in [0.5, 0.6) is 0 Å². The molecule has 0 amide bonds. The third-order valence-electron chi connectivity index (χ3n) is 6.21. The van der Waals surface area contributed by atoms with Gasteiger partial charge in [0.05, 0.1) is 25.1 Å². The number of aliphatic imine (C=N–C) groups is 1. The van der Waals surface area contributed by atoms with Crippen LogP contribution in [-0.4, -0.2) is 67.6 Å². The number of carbonyl (C=O) groups is 1. The fraction of sp³-hybridized carbons (Fsp3) is 0.667. The third kappa shape index (κ3) is 5.97. The highest BCUT2D eigenvalue weighted by Crippen LogP contribution is 2.26. The fourth-order valence-corrected chi connectivity index (χ4v) is 4.46. The molecular weight excluding hydrogens is 376 g/mol. The van der Waals surface area contributed by atoms with Gasteiger partial charge >= 0.3 is 5.97 Å². The Kier molecular flexibility index (Phi) is 8.55. The number of hydrogen-bond donors (Lipinski definition) is 1. The monoisotopic (exact) mass is 414 g/mol. The van der Waals surface area contributed by atoms with Gasteiger partial charge in [-0.15, -0.1) is 0 Å². The second-order valence-corrected chi connectivity index (χ2v) is 8.38. The number of esters is 1. The van der Waals surface area contributed by atoms with E-state index in [0.29, 0.717) is 12.6 Å². The normalized spacial score (nSPS) is 19.7. The van der Waals surface area contributed by atoms with E-state index in [1.807, 2.05) is 6.92 Å². The summed E-state index contributed by atoms with van der Waals surface area (Å²) in [4.78, 5) is 22.0. The van der Waals surface area contributed by atoms with Gasteiger partial charge < -0.3 is 15.0 Å². The maximum Gasteiger partial charge on any atom is 0.309 e. The van der Waals surface area contributed by atoms with Gasteiger partial charge in [-0.1, -0.05) is 29.8 Å². The number of benzene rings is 1. The summed E-state index contributed by atoms with van der Waals surface area (Å²) in [5.41, 5.74) is 2.64. The highest BCUT2D eigenvalue weighted by atomic mass is 16.5. The minimum absolute atomic E-state index is 0.0222. The lowest BCUT2D eigenvalue weighted by atomic mass is 9.97. The molecule has 2 heterocycles. The number of likely N-dealkylation sites (tertiary alicyclic amines) is 2. The van der Waals surface area contributed by atoms with E-state index in [0.717, 1.165) is 58.1 Å². The summed E-state index contributed by atoms with van der Waals surface area (Å²) in [5.74, 6) is 0.942. The Bertz CT molecular complexity index is 690. The number of guanidine groups is 1. The van der Waals surface area contributed by atoms with Crippen LogP contribution in [0, 0.1) is 12.8 Å². The number of hydrogen-bond acceptors (Lipinski definition) is 4. The van der Waals surface area contributed by atoms with Crippen LogP contribution in [0.1, 0.15) is 56.7 Å². The molecule has 2 saturated heterocycles. The molecule has 1 atom stereocenters. The van der Waals surface area contributed by atoms with E-state index in [4.69, 9.17) is 9.73 Å². The molecule has 1 N–H and O–H groups in total. The van der Waals surface area contributed by atoms with Gasteiger partial charge in [0.25, 0.3) is 0 Å². The van der Waals surface area contributed by atoms with Gasteiger partial charge in [-0.3, -0.25) is 14.7 Å². The molecule has 0 spiro atoms. The summed E-state index contributed by atoms with van der Waals surface area (Å²) in [7, 11) is 0. The molecule has 0 saturated carbocycles. The van der Waals surface area contributed by atoms with Crippen molar-refractivity contribution in [2.45, 2.75) is 52.5 Å². The number of aryl methyl sites for hydroxylation is 1. The number of nitrogens with zero attached hydrogens (tertiary/aromatic N) is 3. The van der Waals surface area contributed by atoms with E-state index in [9.17, 15) is 4.79 Å². The van der Waals surface area contributed by atoms with Crippen LogP contribution in [0.15, 0.2) is 29.3 Å². The lowest BCUT2D eigenvalue weighted by Gasteiger charge is -2.34. The lowest BCUT2D eigenvalue weighted by molar-refractivity contribution is -0.149. The Morgan fingerprint density at radius 3 is 2.40 bits per heavy atom. The van der Waals surface area contributed by atoms with E-state index >= 15 is 0 Å². The zero-order valence-corrected chi connectivity index (χ0v) is 18.9. The van der Waals surface area contributed by atoms with Gasteiger partial charge in [0, 0.05) is 19.6 Å². The smallest absolute Gasteiger partial charge is 0.309 e. The molecule has 0 bridgehead atoms. The van der Waals surface area contributed by atoms with Crippen LogP contribution < -0.4 is 5.32 Å². The molecule has 0 aromatic heterocycles. The highest BCUT2D eigenvalue weighted by molar-refractivity contribution is 5.80. The van der Waals surface area contributed by atoms with Crippen LogP contribution in [-0.2, 0) is 9.53 Å². The van der Waals surface area contributed by atoms with E-state index in [2.05, 4.69) is 53.2 Å². The van der Waals surface area contributed by atoms with Crippen LogP contribution in [0.4, 0.5) is 0 Å². The Labute approximate surface area is 181 Å². The van der Waals surface area contributed by atoms with E-state index in [1.54, 1.807) is 0 Å². The maximum atomic E-state index is 12.1. The topological polar surface area (TPSA) is 57.2 Å². The number of carbonyl (C=O) groups excluding carboxylic acids is 1. The minimum Gasteiger partial charge on any atom is -0.466 e. The number of nitrogens with one attached hydrogen (secondary N) is 1. The summed E-state index contributed by atoms with van der Waals surface area (Å²) in [5, 5.41) is 3.47. The van der Waals surface area contributed by atoms with E-state index in [-0.39, 0.29) is 11.9 Å². The molecule has 6 heteroatoms. The Hall–Kier alpha value is -2.08. The van der Waals surface area contributed by atoms with Gasteiger partial charge in [-0.05, 0) is 65.1 Å². The predicted molar refractivity (Wildman–Crippen MR) is 122 cm³/mol. The van der Waals surface area contributed by atoms with Crippen LogP contribution >= 0.6 is 0 Å². The van der Waals surface area contributed by atoms with Crippen LogP contribution in [0.3, 0.4) is 0 Å². The van der Waals surface area contributed by atoms with Crippen LogP contribution in [0.2, 0.25) is 0 Å². The second kappa shape index (κ2) is 11.3. The molecule has 30 heavy (non-hydrogen) atoms. The van der Waals surface area contributed by atoms with Gasteiger partial charge in [0.1, 0.15) is 0 Å². The molecule has 0 aliphatic carbocycles. The lowest BCUT2D eigenvalue weighted by Crippen LogP contribution is -2.47. The number of rotatable bonds is 7. The van der Waals surface area contributed by atoms with Crippen molar-refractivity contribution < 1.29 is 9.53 Å². The SMILES string of the molecule is CCNC(=NCC(c1ccc(C)cc1)N1CCCC1)N1CCC(C(=O)OCC)CC1. The first-order chi connectivity index (χ1) is 14.6. The van der Waals surface area contributed by atoms with Crippen molar-refractivity contribution in [1.29, 1.82) is 0 Å². The van der Waals surface area contributed by atoms with Gasteiger partial charge in [0.15, 0.2) is 5.96 Å². The molecular formula is C24H38N4O2. The fourth-order valence-electron chi connectivity index (χ4n) is 4.46. The molecule has 2 aliphatic heterocycles. The quantitative estimate of drug-likeness (QED) is 0.421. The summed E-state index contributed by atoms with van der Waals surface area (Å²) < 4.78 is 5.21.